The quantitative estimate of drug-likeness (QED) is 0.884. The monoisotopic (exact) mass is 272 g/mol. The molecule has 0 saturated heterocycles. The lowest BCUT2D eigenvalue weighted by Crippen LogP contribution is -2.30. The minimum atomic E-state index is -0.819. The van der Waals surface area contributed by atoms with Crippen LogP contribution in [0.5, 0.6) is 0 Å². The number of hydrogen-bond donors (Lipinski definition) is 2. The van der Waals surface area contributed by atoms with Gasteiger partial charge >= 0.3 is 5.97 Å². The molecule has 0 aliphatic heterocycles. The molecule has 0 radical (unpaired) electrons. The maximum atomic E-state index is 12.1. The number of carboxylic acids is 1. The first-order valence-corrected chi connectivity index (χ1v) is 6.64. The Labute approximate surface area is 117 Å². The predicted octanol–water partition coefficient (Wildman–Crippen LogP) is 2.39. The summed E-state index contributed by atoms with van der Waals surface area (Å²) in [6, 6.07) is 8.63. The van der Waals surface area contributed by atoms with Crippen LogP contribution in [0.1, 0.15) is 31.2 Å². The molecule has 2 unspecified atom stereocenters. The second kappa shape index (κ2) is 6.20. The number of hydrogen-bond acceptors (Lipinski definition) is 3. The first kappa shape index (κ1) is 14.1. The Balaban J connectivity index is 1.97. The third-order valence-electron chi connectivity index (χ3n) is 3.68. The second-order valence-corrected chi connectivity index (χ2v) is 5.08. The van der Waals surface area contributed by atoms with E-state index in [9.17, 15) is 9.59 Å². The molecule has 2 atom stereocenters. The zero-order valence-electron chi connectivity index (χ0n) is 11.0. The van der Waals surface area contributed by atoms with Crippen LogP contribution >= 0.6 is 0 Å². The van der Waals surface area contributed by atoms with Crippen LogP contribution in [0.3, 0.4) is 0 Å². The Hall–Kier alpha value is -2.35. The fourth-order valence-electron chi connectivity index (χ4n) is 2.52. The summed E-state index contributed by atoms with van der Waals surface area (Å²) in [6.07, 6.45) is 2.54. The molecule has 1 aromatic rings. The van der Waals surface area contributed by atoms with Gasteiger partial charge < -0.3 is 10.4 Å². The Morgan fingerprint density at radius 2 is 1.85 bits per heavy atom. The summed E-state index contributed by atoms with van der Waals surface area (Å²) in [5.74, 6) is -1.62. The standard InChI is InChI=1S/C15H16N2O3/c16-9-10-4-6-13(7-5-10)17-14(18)11-2-1-3-12(8-11)15(19)20/h4-7,11-12H,1-3,8H2,(H,17,18)(H,19,20). The number of carbonyl (C=O) groups excluding carboxylic acids is 1. The summed E-state index contributed by atoms with van der Waals surface area (Å²) >= 11 is 0. The molecule has 0 aromatic heterocycles. The van der Waals surface area contributed by atoms with E-state index in [1.165, 1.54) is 0 Å². The molecule has 1 fully saturated rings. The highest BCUT2D eigenvalue weighted by Crippen LogP contribution is 2.30. The number of aliphatic carboxylic acids is 1. The Morgan fingerprint density at radius 3 is 2.45 bits per heavy atom. The van der Waals surface area contributed by atoms with E-state index in [0.717, 1.165) is 12.8 Å². The second-order valence-electron chi connectivity index (χ2n) is 5.08. The summed E-state index contributed by atoms with van der Waals surface area (Å²) in [7, 11) is 0. The summed E-state index contributed by atoms with van der Waals surface area (Å²) in [6.45, 7) is 0. The molecule has 1 amide bonds. The van der Waals surface area contributed by atoms with Crippen molar-refractivity contribution in [2.45, 2.75) is 25.7 Å². The van der Waals surface area contributed by atoms with Crippen LogP contribution in [0.2, 0.25) is 0 Å². The normalized spacial score (nSPS) is 21.8. The fraction of sp³-hybridized carbons (Fsp3) is 0.400. The zero-order valence-corrected chi connectivity index (χ0v) is 11.0. The van der Waals surface area contributed by atoms with Crippen LogP contribution in [0, 0.1) is 23.2 Å². The average molecular weight is 272 g/mol. The van der Waals surface area contributed by atoms with Gasteiger partial charge in [0.15, 0.2) is 0 Å². The third kappa shape index (κ3) is 3.35. The smallest absolute Gasteiger partial charge is 0.306 e. The number of nitrogens with zero attached hydrogens (tertiary/aromatic N) is 1. The number of rotatable bonds is 3. The van der Waals surface area contributed by atoms with E-state index in [2.05, 4.69) is 5.32 Å². The molecule has 104 valence electrons. The van der Waals surface area contributed by atoms with Crippen LogP contribution in [-0.4, -0.2) is 17.0 Å². The lowest BCUT2D eigenvalue weighted by molar-refractivity contribution is -0.143. The average Bonchev–Trinajstić information content (AvgIpc) is 2.48. The van der Waals surface area contributed by atoms with E-state index < -0.39 is 11.9 Å². The van der Waals surface area contributed by atoms with Crippen molar-refractivity contribution in [3.05, 3.63) is 29.8 Å². The highest BCUT2D eigenvalue weighted by atomic mass is 16.4. The van der Waals surface area contributed by atoms with Crippen LogP contribution in [-0.2, 0) is 9.59 Å². The third-order valence-corrected chi connectivity index (χ3v) is 3.68. The van der Waals surface area contributed by atoms with Crippen molar-refractivity contribution in [1.29, 1.82) is 5.26 Å². The molecule has 2 N–H and O–H groups in total. The van der Waals surface area contributed by atoms with Gasteiger partial charge in [-0.3, -0.25) is 9.59 Å². The molecule has 1 aliphatic rings. The highest BCUT2D eigenvalue weighted by molar-refractivity contribution is 5.93. The van der Waals surface area contributed by atoms with Crippen molar-refractivity contribution in [1.82, 2.24) is 0 Å². The zero-order chi connectivity index (χ0) is 14.5. The molecule has 1 aliphatic carbocycles. The van der Waals surface area contributed by atoms with Crippen molar-refractivity contribution in [3.8, 4) is 6.07 Å². The molecular weight excluding hydrogens is 256 g/mol. The predicted molar refractivity (Wildman–Crippen MR) is 72.9 cm³/mol. The lowest BCUT2D eigenvalue weighted by atomic mass is 9.81. The summed E-state index contributed by atoms with van der Waals surface area (Å²) in [4.78, 5) is 23.1. The number of nitriles is 1. The Bertz CT molecular complexity index is 545. The van der Waals surface area contributed by atoms with Crippen LogP contribution in [0.4, 0.5) is 5.69 Å². The van der Waals surface area contributed by atoms with Crippen molar-refractivity contribution in [2.24, 2.45) is 11.8 Å². The minimum absolute atomic E-state index is 0.138. The number of nitrogens with one attached hydrogen (secondary N) is 1. The van der Waals surface area contributed by atoms with E-state index >= 15 is 0 Å². The summed E-state index contributed by atoms with van der Waals surface area (Å²) in [5, 5.41) is 20.5. The van der Waals surface area contributed by atoms with Crippen molar-refractivity contribution >= 4 is 17.6 Å². The van der Waals surface area contributed by atoms with Gasteiger partial charge in [0.1, 0.15) is 0 Å². The molecular formula is C15H16N2O3. The van der Waals surface area contributed by atoms with E-state index in [0.29, 0.717) is 24.1 Å². The van der Waals surface area contributed by atoms with Crippen LogP contribution in [0.25, 0.3) is 0 Å². The van der Waals surface area contributed by atoms with E-state index in [1.54, 1.807) is 24.3 Å². The first-order chi connectivity index (χ1) is 9.60. The summed E-state index contributed by atoms with van der Waals surface area (Å²) < 4.78 is 0. The number of amides is 1. The molecule has 5 heteroatoms. The highest BCUT2D eigenvalue weighted by Gasteiger charge is 2.30. The van der Waals surface area contributed by atoms with Gasteiger partial charge in [0.25, 0.3) is 0 Å². The van der Waals surface area contributed by atoms with Gasteiger partial charge in [-0.25, -0.2) is 0 Å². The SMILES string of the molecule is N#Cc1ccc(NC(=O)C2CCCC(C(=O)O)C2)cc1. The molecule has 5 nitrogen and oxygen atoms in total. The molecule has 1 aromatic carbocycles. The topological polar surface area (TPSA) is 90.2 Å². The fourth-order valence-corrected chi connectivity index (χ4v) is 2.52. The van der Waals surface area contributed by atoms with E-state index in [-0.39, 0.29) is 11.8 Å². The van der Waals surface area contributed by atoms with Crippen LogP contribution < -0.4 is 5.32 Å². The first-order valence-electron chi connectivity index (χ1n) is 6.64. The number of benzene rings is 1. The molecule has 1 saturated carbocycles. The molecule has 20 heavy (non-hydrogen) atoms. The Morgan fingerprint density at radius 1 is 1.20 bits per heavy atom. The van der Waals surface area contributed by atoms with Crippen molar-refractivity contribution in [3.63, 3.8) is 0 Å². The number of anilines is 1. The van der Waals surface area contributed by atoms with Gasteiger partial charge in [-0.1, -0.05) is 6.42 Å². The van der Waals surface area contributed by atoms with E-state index in [1.807, 2.05) is 6.07 Å². The van der Waals surface area contributed by atoms with E-state index in [4.69, 9.17) is 10.4 Å². The number of carbonyl (C=O) groups is 2. The van der Waals surface area contributed by atoms with Gasteiger partial charge in [0.2, 0.25) is 5.91 Å². The van der Waals surface area contributed by atoms with Crippen molar-refractivity contribution in [2.75, 3.05) is 5.32 Å². The van der Waals surface area contributed by atoms with Gasteiger partial charge in [-0.2, -0.15) is 5.26 Å². The van der Waals surface area contributed by atoms with Crippen LogP contribution in [0.15, 0.2) is 24.3 Å². The minimum Gasteiger partial charge on any atom is -0.481 e. The summed E-state index contributed by atoms with van der Waals surface area (Å²) in [5.41, 5.74) is 1.16. The molecule has 0 bridgehead atoms. The van der Waals surface area contributed by atoms with Gasteiger partial charge in [0, 0.05) is 11.6 Å². The van der Waals surface area contributed by atoms with Gasteiger partial charge in [0.05, 0.1) is 17.6 Å². The number of carboxylic acid groups (broad SMARTS) is 1. The largest absolute Gasteiger partial charge is 0.481 e. The van der Waals surface area contributed by atoms with Crippen molar-refractivity contribution < 1.29 is 14.7 Å². The lowest BCUT2D eigenvalue weighted by Gasteiger charge is -2.25. The van der Waals surface area contributed by atoms with Gasteiger partial charge in [-0.05, 0) is 43.5 Å². The molecule has 2 rings (SSSR count). The molecule has 0 spiro atoms. The Kier molecular flexibility index (Phi) is 4.36. The maximum Gasteiger partial charge on any atom is 0.306 e. The van der Waals surface area contributed by atoms with Gasteiger partial charge in [-0.15, -0.1) is 0 Å². The molecule has 0 heterocycles. The maximum absolute atomic E-state index is 12.1.